The summed E-state index contributed by atoms with van der Waals surface area (Å²) in [6.45, 7) is 3.68. The van der Waals surface area contributed by atoms with E-state index in [4.69, 9.17) is 9.84 Å². The largest absolute Gasteiger partial charge is 0.481 e. The van der Waals surface area contributed by atoms with Crippen molar-refractivity contribution in [2.24, 2.45) is 5.41 Å². The van der Waals surface area contributed by atoms with E-state index in [0.29, 0.717) is 12.4 Å². The van der Waals surface area contributed by atoms with E-state index in [1.165, 1.54) is 0 Å². The number of ether oxygens (including phenoxy) is 1. The molecule has 0 fully saturated rings. The molecule has 1 aromatic heterocycles. The van der Waals surface area contributed by atoms with Crippen LogP contribution in [0.15, 0.2) is 18.3 Å². The number of anilines is 1. The van der Waals surface area contributed by atoms with Gasteiger partial charge in [0.15, 0.2) is 0 Å². The SMILES string of the molecule is COc1ccc(NCC(C)(C)C(=O)O)cn1. The standard InChI is InChI=1S/C11H16N2O3/c1-11(2,10(14)15)7-13-8-4-5-9(16-3)12-6-8/h4-6,13H,7H2,1-3H3,(H,14,15). The second kappa shape index (κ2) is 4.83. The Kier molecular flexibility index (Phi) is 3.71. The first-order valence-electron chi connectivity index (χ1n) is 4.93. The number of aliphatic carboxylic acids is 1. The van der Waals surface area contributed by atoms with Gasteiger partial charge >= 0.3 is 5.97 Å². The van der Waals surface area contributed by atoms with Crippen LogP contribution in [0.25, 0.3) is 0 Å². The van der Waals surface area contributed by atoms with Crippen molar-refractivity contribution in [3.63, 3.8) is 0 Å². The van der Waals surface area contributed by atoms with Gasteiger partial charge in [-0.25, -0.2) is 4.98 Å². The molecule has 5 heteroatoms. The average Bonchev–Trinajstić information content (AvgIpc) is 2.27. The second-order valence-electron chi connectivity index (χ2n) is 4.13. The minimum atomic E-state index is -0.832. The highest BCUT2D eigenvalue weighted by molar-refractivity contribution is 5.74. The summed E-state index contributed by atoms with van der Waals surface area (Å²) in [7, 11) is 1.54. The van der Waals surface area contributed by atoms with Gasteiger partial charge in [0, 0.05) is 12.6 Å². The third-order valence-electron chi connectivity index (χ3n) is 2.26. The lowest BCUT2D eigenvalue weighted by Crippen LogP contribution is -2.31. The summed E-state index contributed by atoms with van der Waals surface area (Å²) in [5.41, 5.74) is -0.0324. The van der Waals surface area contributed by atoms with Crippen LogP contribution in [0.4, 0.5) is 5.69 Å². The molecular weight excluding hydrogens is 208 g/mol. The Morgan fingerprint density at radius 2 is 2.25 bits per heavy atom. The van der Waals surface area contributed by atoms with E-state index in [2.05, 4.69) is 10.3 Å². The molecule has 2 N–H and O–H groups in total. The maximum Gasteiger partial charge on any atom is 0.310 e. The molecule has 16 heavy (non-hydrogen) atoms. The first kappa shape index (κ1) is 12.3. The third-order valence-corrected chi connectivity index (χ3v) is 2.26. The van der Waals surface area contributed by atoms with E-state index in [1.807, 2.05) is 0 Å². The van der Waals surface area contributed by atoms with Crippen molar-refractivity contribution < 1.29 is 14.6 Å². The lowest BCUT2D eigenvalue weighted by molar-refractivity contribution is -0.146. The molecule has 1 rings (SSSR count). The maximum atomic E-state index is 10.9. The van der Waals surface area contributed by atoms with Gasteiger partial charge in [0.05, 0.1) is 24.4 Å². The number of hydrogen-bond acceptors (Lipinski definition) is 4. The molecule has 5 nitrogen and oxygen atoms in total. The van der Waals surface area contributed by atoms with E-state index in [0.717, 1.165) is 5.69 Å². The predicted molar refractivity (Wildman–Crippen MR) is 60.7 cm³/mol. The Morgan fingerprint density at radius 3 is 2.69 bits per heavy atom. The molecule has 0 aliphatic rings. The quantitative estimate of drug-likeness (QED) is 0.795. The monoisotopic (exact) mass is 224 g/mol. The maximum absolute atomic E-state index is 10.9. The lowest BCUT2D eigenvalue weighted by Gasteiger charge is -2.20. The van der Waals surface area contributed by atoms with Crippen LogP contribution in [-0.4, -0.2) is 29.7 Å². The zero-order chi connectivity index (χ0) is 12.2. The van der Waals surface area contributed by atoms with Gasteiger partial charge in [0.2, 0.25) is 5.88 Å². The first-order chi connectivity index (χ1) is 7.45. The van der Waals surface area contributed by atoms with Crippen molar-refractivity contribution in [1.82, 2.24) is 4.98 Å². The highest BCUT2D eigenvalue weighted by Gasteiger charge is 2.26. The molecule has 0 amide bonds. The summed E-state index contributed by atoms with van der Waals surface area (Å²) in [6, 6.07) is 3.51. The molecule has 1 aromatic rings. The number of aromatic nitrogens is 1. The molecule has 0 unspecified atom stereocenters. The Morgan fingerprint density at radius 1 is 1.56 bits per heavy atom. The molecule has 0 bridgehead atoms. The summed E-state index contributed by atoms with van der Waals surface area (Å²) in [5.74, 6) is -0.301. The van der Waals surface area contributed by atoms with Gasteiger partial charge in [-0.15, -0.1) is 0 Å². The molecule has 0 radical (unpaired) electrons. The number of pyridine rings is 1. The number of carboxylic acid groups (broad SMARTS) is 1. The predicted octanol–water partition coefficient (Wildman–Crippen LogP) is 1.61. The molecule has 0 spiro atoms. The first-order valence-corrected chi connectivity index (χ1v) is 4.93. The highest BCUT2D eigenvalue weighted by atomic mass is 16.5. The van der Waals surface area contributed by atoms with Gasteiger partial charge in [-0.05, 0) is 19.9 Å². The van der Waals surface area contributed by atoms with Crippen LogP contribution >= 0.6 is 0 Å². The molecule has 0 aliphatic carbocycles. The molecular formula is C11H16N2O3. The summed E-state index contributed by atoms with van der Waals surface area (Å²) in [6.07, 6.45) is 1.61. The molecule has 0 aromatic carbocycles. The Balaban J connectivity index is 2.58. The lowest BCUT2D eigenvalue weighted by atomic mass is 9.94. The normalized spacial score (nSPS) is 10.9. The van der Waals surface area contributed by atoms with Crippen molar-refractivity contribution >= 4 is 11.7 Å². The van der Waals surface area contributed by atoms with Gasteiger partial charge in [0.1, 0.15) is 0 Å². The van der Waals surface area contributed by atoms with Crippen molar-refractivity contribution in [2.75, 3.05) is 19.0 Å². The number of hydrogen-bond donors (Lipinski definition) is 2. The molecule has 1 heterocycles. The number of methoxy groups -OCH3 is 1. The molecule has 88 valence electrons. The van der Waals surface area contributed by atoms with E-state index in [-0.39, 0.29) is 0 Å². The number of carbonyl (C=O) groups is 1. The van der Waals surface area contributed by atoms with E-state index in [1.54, 1.807) is 39.3 Å². The minimum Gasteiger partial charge on any atom is -0.481 e. The van der Waals surface area contributed by atoms with Crippen molar-refractivity contribution in [3.8, 4) is 5.88 Å². The van der Waals surface area contributed by atoms with Gasteiger partial charge in [0.25, 0.3) is 0 Å². The smallest absolute Gasteiger partial charge is 0.310 e. The topological polar surface area (TPSA) is 71.5 Å². The van der Waals surface area contributed by atoms with Gasteiger partial charge < -0.3 is 15.2 Å². The molecule has 0 atom stereocenters. The van der Waals surface area contributed by atoms with Crippen molar-refractivity contribution in [1.29, 1.82) is 0 Å². The summed E-state index contributed by atoms with van der Waals surface area (Å²) in [4.78, 5) is 14.9. The Hall–Kier alpha value is -1.78. The zero-order valence-electron chi connectivity index (χ0n) is 9.65. The minimum absolute atomic E-state index is 0.344. The average molecular weight is 224 g/mol. The Bertz CT molecular complexity index is 360. The van der Waals surface area contributed by atoms with Crippen LogP contribution in [0.3, 0.4) is 0 Å². The Labute approximate surface area is 94.5 Å². The molecule has 0 saturated heterocycles. The summed E-state index contributed by atoms with van der Waals surface area (Å²) < 4.78 is 4.92. The fourth-order valence-corrected chi connectivity index (χ4v) is 1.00. The highest BCUT2D eigenvalue weighted by Crippen LogP contribution is 2.17. The number of carboxylic acids is 1. The van der Waals surface area contributed by atoms with Crippen LogP contribution in [0.1, 0.15) is 13.8 Å². The van der Waals surface area contributed by atoms with Crippen LogP contribution in [0, 0.1) is 5.41 Å². The van der Waals surface area contributed by atoms with Gasteiger partial charge in [-0.3, -0.25) is 4.79 Å². The van der Waals surface area contributed by atoms with Crippen LogP contribution in [0.5, 0.6) is 5.88 Å². The zero-order valence-corrected chi connectivity index (χ0v) is 9.65. The fourth-order valence-electron chi connectivity index (χ4n) is 1.00. The molecule has 0 aliphatic heterocycles. The van der Waals surface area contributed by atoms with Crippen LogP contribution in [-0.2, 0) is 4.79 Å². The van der Waals surface area contributed by atoms with Crippen molar-refractivity contribution in [3.05, 3.63) is 18.3 Å². The van der Waals surface area contributed by atoms with Gasteiger partial charge in [-0.2, -0.15) is 0 Å². The van der Waals surface area contributed by atoms with E-state index >= 15 is 0 Å². The van der Waals surface area contributed by atoms with Crippen LogP contribution < -0.4 is 10.1 Å². The van der Waals surface area contributed by atoms with Crippen LogP contribution in [0.2, 0.25) is 0 Å². The fraction of sp³-hybridized carbons (Fsp3) is 0.455. The third kappa shape index (κ3) is 3.12. The van der Waals surface area contributed by atoms with E-state index in [9.17, 15) is 4.79 Å². The second-order valence-corrected chi connectivity index (χ2v) is 4.13. The molecule has 0 saturated carbocycles. The number of rotatable bonds is 5. The van der Waals surface area contributed by atoms with Crippen molar-refractivity contribution in [2.45, 2.75) is 13.8 Å². The number of nitrogens with zero attached hydrogens (tertiary/aromatic N) is 1. The van der Waals surface area contributed by atoms with E-state index < -0.39 is 11.4 Å². The summed E-state index contributed by atoms with van der Waals surface area (Å²) >= 11 is 0. The number of nitrogens with one attached hydrogen (secondary N) is 1. The summed E-state index contributed by atoms with van der Waals surface area (Å²) in [5, 5.41) is 11.9. The van der Waals surface area contributed by atoms with Gasteiger partial charge in [-0.1, -0.05) is 0 Å².